The summed E-state index contributed by atoms with van der Waals surface area (Å²) < 4.78 is 42.9. The third-order valence-electron chi connectivity index (χ3n) is 3.17. The smallest absolute Gasteiger partial charge is 0.416 e. The average Bonchev–Trinajstić information content (AvgIpc) is 2.78. The van der Waals surface area contributed by atoms with E-state index in [1.165, 1.54) is 24.5 Å². The first-order chi connectivity index (χ1) is 9.75. The minimum absolute atomic E-state index is 0.401. The molecule has 0 spiro atoms. The molecule has 2 rings (SSSR count). The van der Waals surface area contributed by atoms with Crippen LogP contribution in [0.5, 0.6) is 0 Å². The molecule has 2 aromatic rings. The van der Waals surface area contributed by atoms with Crippen molar-refractivity contribution in [2.24, 2.45) is 0 Å². The molecule has 21 heavy (non-hydrogen) atoms. The highest BCUT2D eigenvalue weighted by Gasteiger charge is 2.31. The topological polar surface area (TPSA) is 26.3 Å². The zero-order valence-corrected chi connectivity index (χ0v) is 12.5. The van der Waals surface area contributed by atoms with Crippen molar-refractivity contribution in [3.8, 4) is 11.1 Å². The quantitative estimate of drug-likeness (QED) is 0.742. The number of carbonyl (C=O) groups is 1. The van der Waals surface area contributed by atoms with E-state index in [-0.39, 0.29) is 0 Å². The Morgan fingerprint density at radius 3 is 2.38 bits per heavy atom. The second-order valence-electron chi connectivity index (χ2n) is 4.64. The number of thiophene rings is 1. The largest absolute Gasteiger partial charge is 0.465 e. The fraction of sp³-hybridized carbons (Fsp3) is 0.267. The van der Waals surface area contributed by atoms with Crippen molar-refractivity contribution < 1.29 is 22.7 Å². The number of aryl methyl sites for hydroxylation is 2. The number of esters is 1. The molecule has 0 bridgehead atoms. The van der Waals surface area contributed by atoms with E-state index < -0.39 is 17.7 Å². The van der Waals surface area contributed by atoms with E-state index >= 15 is 0 Å². The molecule has 0 N–H and O–H groups in total. The summed E-state index contributed by atoms with van der Waals surface area (Å²) in [6, 6.07) is 3.52. The van der Waals surface area contributed by atoms with Gasteiger partial charge in [-0.1, -0.05) is 6.07 Å². The number of halogens is 3. The maximum atomic E-state index is 12.7. The summed E-state index contributed by atoms with van der Waals surface area (Å²) in [4.78, 5) is 12.2. The van der Waals surface area contributed by atoms with Gasteiger partial charge in [0.15, 0.2) is 0 Å². The minimum atomic E-state index is -4.38. The van der Waals surface area contributed by atoms with Gasteiger partial charge in [0.05, 0.1) is 12.7 Å². The maximum Gasteiger partial charge on any atom is 0.416 e. The molecule has 1 aromatic carbocycles. The molecule has 0 amide bonds. The Bertz CT molecular complexity index is 687. The van der Waals surface area contributed by atoms with Crippen LogP contribution in [-0.2, 0) is 10.9 Å². The highest BCUT2D eigenvalue weighted by atomic mass is 32.1. The van der Waals surface area contributed by atoms with E-state index in [9.17, 15) is 18.0 Å². The number of methoxy groups -OCH3 is 1. The van der Waals surface area contributed by atoms with Gasteiger partial charge in [-0.25, -0.2) is 4.79 Å². The van der Waals surface area contributed by atoms with Crippen molar-refractivity contribution in [3.63, 3.8) is 0 Å². The molecule has 0 aliphatic carbocycles. The molecular weight excluding hydrogens is 301 g/mol. The Kier molecular flexibility index (Phi) is 4.09. The van der Waals surface area contributed by atoms with Gasteiger partial charge in [0, 0.05) is 5.56 Å². The number of rotatable bonds is 2. The lowest BCUT2D eigenvalue weighted by molar-refractivity contribution is -0.137. The average molecular weight is 314 g/mol. The van der Waals surface area contributed by atoms with Gasteiger partial charge in [0.25, 0.3) is 0 Å². The summed E-state index contributed by atoms with van der Waals surface area (Å²) in [6.07, 6.45) is -4.38. The third-order valence-corrected chi connectivity index (χ3v) is 4.25. The van der Waals surface area contributed by atoms with Gasteiger partial charge in [-0.2, -0.15) is 13.2 Å². The molecule has 0 unspecified atom stereocenters. The number of hydrogen-bond donors (Lipinski definition) is 0. The molecule has 0 aliphatic rings. The highest BCUT2D eigenvalue weighted by molar-refractivity contribution is 7.12. The van der Waals surface area contributed by atoms with E-state index in [4.69, 9.17) is 4.74 Å². The molecule has 1 heterocycles. The highest BCUT2D eigenvalue weighted by Crippen LogP contribution is 2.37. The van der Waals surface area contributed by atoms with Crippen LogP contribution in [0.2, 0.25) is 0 Å². The molecule has 0 radical (unpaired) electrons. The summed E-state index contributed by atoms with van der Waals surface area (Å²) >= 11 is 1.23. The Morgan fingerprint density at radius 2 is 1.86 bits per heavy atom. The number of hydrogen-bond acceptors (Lipinski definition) is 3. The van der Waals surface area contributed by atoms with Gasteiger partial charge in [-0.3, -0.25) is 0 Å². The van der Waals surface area contributed by atoms with Crippen molar-refractivity contribution in [2.75, 3.05) is 7.11 Å². The van der Waals surface area contributed by atoms with E-state index in [1.54, 1.807) is 12.3 Å². The van der Waals surface area contributed by atoms with Crippen molar-refractivity contribution in [3.05, 3.63) is 45.1 Å². The van der Waals surface area contributed by atoms with Crippen LogP contribution in [0.25, 0.3) is 11.1 Å². The lowest BCUT2D eigenvalue weighted by Gasteiger charge is -2.12. The van der Waals surface area contributed by atoms with Gasteiger partial charge in [0.2, 0.25) is 0 Å². The minimum Gasteiger partial charge on any atom is -0.465 e. The molecule has 112 valence electrons. The summed E-state index contributed by atoms with van der Waals surface area (Å²) in [7, 11) is 1.28. The predicted molar refractivity (Wildman–Crippen MR) is 75.6 cm³/mol. The Hall–Kier alpha value is -1.82. The molecule has 0 saturated carbocycles. The van der Waals surface area contributed by atoms with Gasteiger partial charge < -0.3 is 4.74 Å². The van der Waals surface area contributed by atoms with Crippen LogP contribution in [0, 0.1) is 13.8 Å². The van der Waals surface area contributed by atoms with E-state index in [0.29, 0.717) is 21.6 Å². The van der Waals surface area contributed by atoms with Crippen LogP contribution in [0.1, 0.15) is 26.4 Å². The number of alkyl halides is 3. The van der Waals surface area contributed by atoms with Gasteiger partial charge in [-0.15, -0.1) is 11.3 Å². The van der Waals surface area contributed by atoms with Gasteiger partial charge >= 0.3 is 12.1 Å². The zero-order valence-electron chi connectivity index (χ0n) is 11.7. The predicted octanol–water partition coefficient (Wildman–Crippen LogP) is 4.84. The van der Waals surface area contributed by atoms with Crippen molar-refractivity contribution in [1.29, 1.82) is 0 Å². The second kappa shape index (κ2) is 5.52. The fourth-order valence-electron chi connectivity index (χ4n) is 2.14. The number of benzene rings is 1. The molecule has 0 saturated heterocycles. The van der Waals surface area contributed by atoms with Crippen LogP contribution in [-0.4, -0.2) is 13.1 Å². The zero-order chi connectivity index (χ0) is 15.8. The summed E-state index contributed by atoms with van der Waals surface area (Å²) in [5, 5.41) is 1.79. The van der Waals surface area contributed by atoms with Crippen molar-refractivity contribution in [2.45, 2.75) is 20.0 Å². The monoisotopic (exact) mass is 314 g/mol. The van der Waals surface area contributed by atoms with Gasteiger partial charge in [-0.05, 0) is 48.1 Å². The molecular formula is C15H13F3O2S. The molecule has 0 fully saturated rings. The van der Waals surface area contributed by atoms with E-state index in [2.05, 4.69) is 0 Å². The number of carbonyl (C=O) groups excluding carboxylic acids is 1. The van der Waals surface area contributed by atoms with Crippen LogP contribution in [0.15, 0.2) is 23.6 Å². The van der Waals surface area contributed by atoms with E-state index in [0.717, 1.165) is 17.7 Å². The lowest BCUT2D eigenvalue weighted by atomic mass is 9.96. The Morgan fingerprint density at radius 1 is 1.19 bits per heavy atom. The first-order valence-corrected chi connectivity index (χ1v) is 6.98. The molecule has 0 atom stereocenters. The van der Waals surface area contributed by atoms with E-state index in [1.807, 2.05) is 6.92 Å². The summed E-state index contributed by atoms with van der Waals surface area (Å²) in [5.74, 6) is -0.484. The molecule has 0 aliphatic heterocycles. The first-order valence-electron chi connectivity index (χ1n) is 6.10. The van der Waals surface area contributed by atoms with Crippen LogP contribution in [0.3, 0.4) is 0 Å². The fourth-order valence-corrected chi connectivity index (χ4v) is 3.12. The molecule has 1 aromatic heterocycles. The Labute approximate surface area is 124 Å². The van der Waals surface area contributed by atoms with Crippen molar-refractivity contribution in [1.82, 2.24) is 0 Å². The first kappa shape index (κ1) is 15.6. The molecule has 2 nitrogen and oxygen atoms in total. The lowest BCUT2D eigenvalue weighted by Crippen LogP contribution is -2.06. The van der Waals surface area contributed by atoms with Crippen LogP contribution < -0.4 is 0 Å². The van der Waals surface area contributed by atoms with Crippen LogP contribution in [0.4, 0.5) is 13.2 Å². The second-order valence-corrected chi connectivity index (χ2v) is 5.52. The Balaban J connectivity index is 2.58. The summed E-state index contributed by atoms with van der Waals surface area (Å²) in [5.41, 5.74) is 1.86. The standard InChI is InChI=1S/C15H13F3O2S/c1-8-6-10(15(16,17)18)4-5-11(8)12-9(2)7-21-13(12)14(19)20-3/h4-7H,1-3H3. The van der Waals surface area contributed by atoms with Gasteiger partial charge in [0.1, 0.15) is 4.88 Å². The third kappa shape index (κ3) is 2.95. The van der Waals surface area contributed by atoms with Crippen molar-refractivity contribution >= 4 is 17.3 Å². The molecule has 6 heteroatoms. The van der Waals surface area contributed by atoms with Crippen LogP contribution >= 0.6 is 11.3 Å². The SMILES string of the molecule is COC(=O)c1scc(C)c1-c1ccc(C(F)(F)F)cc1C. The summed E-state index contributed by atoms with van der Waals surface area (Å²) in [6.45, 7) is 3.41. The maximum absolute atomic E-state index is 12.7. The number of ether oxygens (including phenoxy) is 1. The normalized spacial score (nSPS) is 11.5.